The second kappa shape index (κ2) is 6.47. The number of ether oxygens (including phenoxy) is 3. The Balaban J connectivity index is 1.41. The van der Waals surface area contributed by atoms with Crippen LogP contribution in [0.1, 0.15) is 50.7 Å². The van der Waals surface area contributed by atoms with E-state index in [0.29, 0.717) is 34.7 Å². The number of esters is 1. The minimum Gasteiger partial charge on any atom is -0.454 e. The summed E-state index contributed by atoms with van der Waals surface area (Å²) in [5.41, 5.74) is 2.92. The Morgan fingerprint density at radius 1 is 0.914 bits per heavy atom. The van der Waals surface area contributed by atoms with Crippen LogP contribution in [0, 0.1) is 12.3 Å². The van der Waals surface area contributed by atoms with Crippen LogP contribution >= 0.6 is 0 Å². The van der Waals surface area contributed by atoms with E-state index in [1.807, 2.05) is 49.4 Å². The number of pyridine rings is 1. The van der Waals surface area contributed by atoms with Gasteiger partial charge in [0.25, 0.3) is 0 Å². The molecule has 176 valence electrons. The van der Waals surface area contributed by atoms with Crippen LogP contribution in [0.4, 0.5) is 0 Å². The van der Waals surface area contributed by atoms with E-state index in [4.69, 9.17) is 24.2 Å². The Bertz CT molecular complexity index is 1600. The summed E-state index contributed by atoms with van der Waals surface area (Å²) in [4.78, 5) is 29.0. The van der Waals surface area contributed by atoms with Gasteiger partial charge in [0.1, 0.15) is 10.9 Å². The number of para-hydroxylation sites is 1. The van der Waals surface area contributed by atoms with Gasteiger partial charge in [-0.1, -0.05) is 39.0 Å². The number of hydrogen-bond acceptors (Lipinski definition) is 7. The van der Waals surface area contributed by atoms with E-state index >= 15 is 0 Å². The van der Waals surface area contributed by atoms with Crippen molar-refractivity contribution < 1.29 is 19.0 Å². The van der Waals surface area contributed by atoms with Gasteiger partial charge in [0, 0.05) is 28.6 Å². The van der Waals surface area contributed by atoms with Crippen LogP contribution in [0.5, 0.6) is 17.2 Å². The topological polar surface area (TPSA) is 83.4 Å². The van der Waals surface area contributed by atoms with Gasteiger partial charge in [0.2, 0.25) is 6.79 Å². The number of benzene rings is 2. The number of hydrogen-bond donors (Lipinski definition) is 0. The van der Waals surface area contributed by atoms with E-state index in [1.165, 1.54) is 0 Å². The van der Waals surface area contributed by atoms with Crippen molar-refractivity contribution in [3.8, 4) is 17.2 Å². The Kier molecular flexibility index (Phi) is 3.81. The van der Waals surface area contributed by atoms with E-state index in [1.54, 1.807) is 0 Å². The third-order valence-corrected chi connectivity index (χ3v) is 8.91. The molecule has 2 aliphatic carbocycles. The predicted octanol–water partition coefficient (Wildman–Crippen LogP) is 5.15. The zero-order valence-electron chi connectivity index (χ0n) is 20.1. The molecule has 7 heteroatoms. The lowest BCUT2D eigenvalue weighted by molar-refractivity contribution is -0.145. The molecular formula is C28H25N3O4. The summed E-state index contributed by atoms with van der Waals surface area (Å²) in [5, 5.41) is 0.933. The minimum absolute atomic E-state index is 0.185. The summed E-state index contributed by atoms with van der Waals surface area (Å²) in [5.74, 6) is 1.50. The van der Waals surface area contributed by atoms with Gasteiger partial charge in [-0.15, -0.1) is 0 Å². The second-order valence-electron chi connectivity index (χ2n) is 10.6. The number of rotatable bonds is 2. The first-order chi connectivity index (χ1) is 16.7. The van der Waals surface area contributed by atoms with Gasteiger partial charge in [-0.05, 0) is 37.3 Å². The maximum Gasteiger partial charge on any atom is 0.324 e. The normalized spacial score (nSPS) is 25.3. The average Bonchev–Trinajstić information content (AvgIpc) is 3.41. The SMILES string of the molecule is Cc1ccc2cccc(OC(=O)C34CCC(C)(c5nc6cc7c(cc6nc53)OCO7)C4(C)C)c2n1. The van der Waals surface area contributed by atoms with Gasteiger partial charge in [-0.3, -0.25) is 4.79 Å². The molecule has 4 aromatic rings. The highest BCUT2D eigenvalue weighted by Gasteiger charge is 2.74. The number of aryl methyl sites for hydroxylation is 1. The summed E-state index contributed by atoms with van der Waals surface area (Å²) in [6, 6.07) is 13.4. The number of carbonyl (C=O) groups excluding carboxylic acids is 1. The van der Waals surface area contributed by atoms with E-state index in [-0.39, 0.29) is 18.2 Å². The first kappa shape index (κ1) is 20.6. The zero-order chi connectivity index (χ0) is 24.2. The number of carbonyl (C=O) groups is 1. The maximum absolute atomic E-state index is 14.2. The van der Waals surface area contributed by atoms with Gasteiger partial charge in [0.15, 0.2) is 17.2 Å². The quantitative estimate of drug-likeness (QED) is 0.298. The zero-order valence-corrected chi connectivity index (χ0v) is 20.1. The van der Waals surface area contributed by atoms with Crippen LogP contribution < -0.4 is 14.2 Å². The van der Waals surface area contributed by atoms with Crippen LogP contribution in [0.25, 0.3) is 21.9 Å². The summed E-state index contributed by atoms with van der Waals surface area (Å²) in [6.45, 7) is 8.61. The van der Waals surface area contributed by atoms with Crippen LogP contribution in [-0.2, 0) is 15.6 Å². The van der Waals surface area contributed by atoms with Crippen molar-refractivity contribution in [3.05, 3.63) is 59.5 Å². The van der Waals surface area contributed by atoms with Gasteiger partial charge >= 0.3 is 5.97 Å². The number of aromatic nitrogens is 3. The molecule has 2 bridgehead atoms. The molecule has 0 N–H and O–H groups in total. The molecule has 2 atom stereocenters. The van der Waals surface area contributed by atoms with Crippen molar-refractivity contribution in [2.45, 2.75) is 51.4 Å². The molecule has 3 aliphatic rings. The molecule has 1 aliphatic heterocycles. The molecule has 7 nitrogen and oxygen atoms in total. The molecule has 0 amide bonds. The largest absolute Gasteiger partial charge is 0.454 e. The molecule has 1 fully saturated rings. The molecule has 2 aromatic carbocycles. The highest BCUT2D eigenvalue weighted by atomic mass is 16.7. The second-order valence-corrected chi connectivity index (χ2v) is 10.6. The van der Waals surface area contributed by atoms with Gasteiger partial charge in [-0.25, -0.2) is 15.0 Å². The van der Waals surface area contributed by atoms with Crippen molar-refractivity contribution in [2.24, 2.45) is 5.41 Å². The van der Waals surface area contributed by atoms with Crippen molar-refractivity contribution in [2.75, 3.05) is 6.79 Å². The van der Waals surface area contributed by atoms with E-state index in [9.17, 15) is 4.79 Å². The average molecular weight is 468 g/mol. The predicted molar refractivity (Wildman–Crippen MR) is 130 cm³/mol. The van der Waals surface area contributed by atoms with E-state index < -0.39 is 10.8 Å². The van der Waals surface area contributed by atoms with Crippen molar-refractivity contribution in [1.82, 2.24) is 15.0 Å². The molecule has 1 saturated carbocycles. The highest BCUT2D eigenvalue weighted by molar-refractivity contribution is 5.94. The maximum atomic E-state index is 14.2. The van der Waals surface area contributed by atoms with Crippen LogP contribution in [0.3, 0.4) is 0 Å². The van der Waals surface area contributed by atoms with E-state index in [0.717, 1.165) is 34.4 Å². The molecule has 7 rings (SSSR count). The minimum atomic E-state index is -0.916. The Morgan fingerprint density at radius 3 is 2.37 bits per heavy atom. The Morgan fingerprint density at radius 2 is 1.63 bits per heavy atom. The fourth-order valence-corrected chi connectivity index (χ4v) is 6.43. The molecule has 35 heavy (non-hydrogen) atoms. The molecule has 3 heterocycles. The van der Waals surface area contributed by atoms with Crippen molar-refractivity contribution in [3.63, 3.8) is 0 Å². The fraction of sp³-hybridized carbons (Fsp3) is 0.357. The third kappa shape index (κ3) is 2.40. The highest BCUT2D eigenvalue weighted by Crippen LogP contribution is 2.70. The summed E-state index contributed by atoms with van der Waals surface area (Å²) >= 11 is 0. The molecule has 0 radical (unpaired) electrons. The first-order valence-corrected chi connectivity index (χ1v) is 12.0. The number of nitrogens with zero attached hydrogens (tertiary/aromatic N) is 3. The summed E-state index contributed by atoms with van der Waals surface area (Å²) in [6.07, 6.45) is 1.49. The van der Waals surface area contributed by atoms with Crippen LogP contribution in [0.15, 0.2) is 42.5 Å². The lowest BCUT2D eigenvalue weighted by atomic mass is 9.64. The van der Waals surface area contributed by atoms with Gasteiger partial charge in [0.05, 0.1) is 22.4 Å². The lowest BCUT2D eigenvalue weighted by Gasteiger charge is -2.38. The van der Waals surface area contributed by atoms with Gasteiger partial charge < -0.3 is 14.2 Å². The third-order valence-electron chi connectivity index (χ3n) is 8.91. The van der Waals surface area contributed by atoms with E-state index in [2.05, 4.69) is 25.8 Å². The fourth-order valence-electron chi connectivity index (χ4n) is 6.43. The standard InChI is InChI=1S/C28H25N3O4/c1-15-8-9-16-6-5-7-19(22(16)29-15)35-25(32)28-11-10-27(4,26(28,2)3)23-24(28)31-18-13-21-20(33-14-34-21)12-17(18)30-23/h5-9,12-13H,10-11,14H2,1-4H3. The first-order valence-electron chi connectivity index (χ1n) is 12.0. The monoisotopic (exact) mass is 467 g/mol. The Labute approximate surface area is 202 Å². The smallest absolute Gasteiger partial charge is 0.324 e. The van der Waals surface area contributed by atoms with Gasteiger partial charge in [-0.2, -0.15) is 0 Å². The molecular weight excluding hydrogens is 442 g/mol. The van der Waals surface area contributed by atoms with Crippen LogP contribution in [0.2, 0.25) is 0 Å². The van der Waals surface area contributed by atoms with Crippen molar-refractivity contribution in [1.29, 1.82) is 0 Å². The summed E-state index contributed by atoms with van der Waals surface area (Å²) < 4.78 is 17.3. The molecule has 2 aromatic heterocycles. The molecule has 2 unspecified atom stereocenters. The molecule has 0 saturated heterocycles. The molecule has 0 spiro atoms. The Hall–Kier alpha value is -3.74. The lowest BCUT2D eigenvalue weighted by Crippen LogP contribution is -2.48. The van der Waals surface area contributed by atoms with Crippen molar-refractivity contribution >= 4 is 27.9 Å². The van der Waals surface area contributed by atoms with Crippen LogP contribution in [-0.4, -0.2) is 27.7 Å². The summed E-state index contributed by atoms with van der Waals surface area (Å²) in [7, 11) is 0. The number of fused-ring (bicyclic) bond motifs is 8.